The van der Waals surface area contributed by atoms with Crippen molar-refractivity contribution in [1.82, 2.24) is 10.6 Å². The van der Waals surface area contributed by atoms with E-state index in [0.29, 0.717) is 17.9 Å². The minimum atomic E-state index is -0.0787. The second kappa shape index (κ2) is 6.90. The average molecular weight is 282 g/mol. The molecule has 1 saturated heterocycles. The Labute approximate surface area is 123 Å². The molecule has 1 saturated carbocycles. The fraction of sp³-hybridized carbons (Fsp3) is 0.938. The zero-order valence-electron chi connectivity index (χ0n) is 13.3. The number of nitrogens with one attached hydrogen (secondary N) is 2. The molecule has 4 nitrogen and oxygen atoms in total. The Morgan fingerprint density at radius 1 is 1.30 bits per heavy atom. The molecule has 1 amide bonds. The van der Waals surface area contributed by atoms with Gasteiger partial charge in [0.2, 0.25) is 5.91 Å². The van der Waals surface area contributed by atoms with Gasteiger partial charge in [-0.15, -0.1) is 0 Å². The smallest absolute Gasteiger partial charge is 0.237 e. The van der Waals surface area contributed by atoms with Gasteiger partial charge in [-0.05, 0) is 37.0 Å². The number of carbonyl (C=O) groups excluding carboxylic acids is 1. The lowest BCUT2D eigenvalue weighted by Crippen LogP contribution is -2.50. The number of hydrogen-bond acceptors (Lipinski definition) is 3. The Hall–Kier alpha value is -0.610. The SMILES string of the molecule is COC1CNC(C(=O)NC2CC(C)CCC2C(C)C)C1. The highest BCUT2D eigenvalue weighted by molar-refractivity contribution is 5.82. The van der Waals surface area contributed by atoms with Crippen molar-refractivity contribution in [2.24, 2.45) is 17.8 Å². The third-order valence-corrected chi connectivity index (χ3v) is 5.09. The Bertz CT molecular complexity index is 332. The lowest BCUT2D eigenvalue weighted by molar-refractivity contribution is -0.124. The van der Waals surface area contributed by atoms with Gasteiger partial charge < -0.3 is 15.4 Å². The van der Waals surface area contributed by atoms with Crippen LogP contribution < -0.4 is 10.6 Å². The highest BCUT2D eigenvalue weighted by Crippen LogP contribution is 2.33. The summed E-state index contributed by atoms with van der Waals surface area (Å²) in [5, 5.41) is 6.58. The molecule has 0 spiro atoms. The third-order valence-electron chi connectivity index (χ3n) is 5.09. The van der Waals surface area contributed by atoms with E-state index in [1.165, 1.54) is 12.8 Å². The minimum absolute atomic E-state index is 0.0787. The number of ether oxygens (including phenoxy) is 1. The lowest BCUT2D eigenvalue weighted by Gasteiger charge is -2.38. The van der Waals surface area contributed by atoms with Crippen molar-refractivity contribution in [2.45, 2.75) is 64.6 Å². The standard InChI is InChI=1S/C16H30N2O2/c1-10(2)13-6-5-11(3)7-14(13)18-16(19)15-8-12(20-4)9-17-15/h10-15,17H,5-9H2,1-4H3,(H,18,19). The summed E-state index contributed by atoms with van der Waals surface area (Å²) in [5.74, 6) is 2.14. The van der Waals surface area contributed by atoms with Crippen molar-refractivity contribution < 1.29 is 9.53 Å². The molecule has 2 rings (SSSR count). The van der Waals surface area contributed by atoms with Crippen molar-refractivity contribution >= 4 is 5.91 Å². The van der Waals surface area contributed by atoms with Crippen molar-refractivity contribution in [3.8, 4) is 0 Å². The van der Waals surface area contributed by atoms with Crippen molar-refractivity contribution in [2.75, 3.05) is 13.7 Å². The van der Waals surface area contributed by atoms with Gasteiger partial charge in [0.25, 0.3) is 0 Å². The number of methoxy groups -OCH3 is 1. The fourth-order valence-corrected chi connectivity index (χ4v) is 3.73. The molecule has 20 heavy (non-hydrogen) atoms. The molecule has 0 radical (unpaired) electrons. The first-order chi connectivity index (χ1) is 9.51. The van der Waals surface area contributed by atoms with Gasteiger partial charge in [-0.3, -0.25) is 4.79 Å². The molecular formula is C16H30N2O2. The van der Waals surface area contributed by atoms with Crippen LogP contribution in [-0.2, 0) is 9.53 Å². The molecule has 0 aromatic rings. The minimum Gasteiger partial charge on any atom is -0.380 e. The molecule has 2 fully saturated rings. The van der Waals surface area contributed by atoms with E-state index < -0.39 is 0 Å². The number of rotatable bonds is 4. The van der Waals surface area contributed by atoms with E-state index in [1.807, 2.05) is 0 Å². The average Bonchev–Trinajstić information content (AvgIpc) is 2.87. The summed E-state index contributed by atoms with van der Waals surface area (Å²) in [6.07, 6.45) is 4.62. The van der Waals surface area contributed by atoms with Crippen molar-refractivity contribution in [3.63, 3.8) is 0 Å². The maximum absolute atomic E-state index is 12.4. The molecule has 1 aliphatic carbocycles. The van der Waals surface area contributed by atoms with Crippen LogP contribution in [0, 0.1) is 17.8 Å². The molecule has 5 atom stereocenters. The van der Waals surface area contributed by atoms with Crippen LogP contribution in [0.3, 0.4) is 0 Å². The lowest BCUT2D eigenvalue weighted by atomic mass is 9.74. The maximum atomic E-state index is 12.4. The van der Waals surface area contributed by atoms with Crippen LogP contribution in [-0.4, -0.2) is 37.7 Å². The van der Waals surface area contributed by atoms with Gasteiger partial charge in [-0.2, -0.15) is 0 Å². The van der Waals surface area contributed by atoms with Gasteiger partial charge >= 0.3 is 0 Å². The van der Waals surface area contributed by atoms with Gasteiger partial charge in [-0.1, -0.05) is 27.2 Å². The molecule has 116 valence electrons. The second-order valence-corrected chi connectivity index (χ2v) is 7.00. The summed E-state index contributed by atoms with van der Waals surface area (Å²) in [7, 11) is 1.71. The van der Waals surface area contributed by atoms with E-state index in [-0.39, 0.29) is 18.1 Å². The Kier molecular flexibility index (Phi) is 5.44. The molecular weight excluding hydrogens is 252 g/mol. The van der Waals surface area contributed by atoms with E-state index >= 15 is 0 Å². The van der Waals surface area contributed by atoms with Crippen LogP contribution >= 0.6 is 0 Å². The van der Waals surface area contributed by atoms with E-state index in [9.17, 15) is 4.79 Å². The Balaban J connectivity index is 1.91. The highest BCUT2D eigenvalue weighted by atomic mass is 16.5. The van der Waals surface area contributed by atoms with Gasteiger partial charge in [-0.25, -0.2) is 0 Å². The predicted molar refractivity (Wildman–Crippen MR) is 80.5 cm³/mol. The molecule has 1 aliphatic heterocycles. The van der Waals surface area contributed by atoms with Crippen LogP contribution in [0.25, 0.3) is 0 Å². The van der Waals surface area contributed by atoms with Crippen molar-refractivity contribution in [3.05, 3.63) is 0 Å². The van der Waals surface area contributed by atoms with Gasteiger partial charge in [0.05, 0.1) is 12.1 Å². The normalized spacial score (nSPS) is 38.1. The molecule has 0 bridgehead atoms. The summed E-state index contributed by atoms with van der Waals surface area (Å²) >= 11 is 0. The summed E-state index contributed by atoms with van der Waals surface area (Å²) < 4.78 is 5.32. The molecule has 5 unspecified atom stereocenters. The molecule has 0 aromatic heterocycles. The number of amides is 1. The molecule has 4 heteroatoms. The van der Waals surface area contributed by atoms with Crippen LogP contribution in [0.2, 0.25) is 0 Å². The maximum Gasteiger partial charge on any atom is 0.237 e. The van der Waals surface area contributed by atoms with E-state index in [2.05, 4.69) is 31.4 Å². The summed E-state index contributed by atoms with van der Waals surface area (Å²) in [4.78, 5) is 12.4. The topological polar surface area (TPSA) is 50.4 Å². The molecule has 1 heterocycles. The third kappa shape index (κ3) is 3.73. The second-order valence-electron chi connectivity index (χ2n) is 7.00. The van der Waals surface area contributed by atoms with Crippen LogP contribution in [0.5, 0.6) is 0 Å². The van der Waals surface area contributed by atoms with E-state index in [1.54, 1.807) is 7.11 Å². The monoisotopic (exact) mass is 282 g/mol. The zero-order chi connectivity index (χ0) is 14.7. The molecule has 2 aliphatic rings. The quantitative estimate of drug-likeness (QED) is 0.828. The van der Waals surface area contributed by atoms with Gasteiger partial charge in [0, 0.05) is 19.7 Å². The van der Waals surface area contributed by atoms with E-state index in [4.69, 9.17) is 4.74 Å². The highest BCUT2D eigenvalue weighted by Gasteiger charge is 2.35. The number of hydrogen-bond donors (Lipinski definition) is 2. The van der Waals surface area contributed by atoms with Gasteiger partial charge in [0.1, 0.15) is 0 Å². The first-order valence-corrected chi connectivity index (χ1v) is 8.07. The fourth-order valence-electron chi connectivity index (χ4n) is 3.73. The molecule has 2 N–H and O–H groups in total. The van der Waals surface area contributed by atoms with Gasteiger partial charge in [0.15, 0.2) is 0 Å². The summed E-state index contributed by atoms with van der Waals surface area (Å²) in [5.41, 5.74) is 0. The number of carbonyl (C=O) groups is 1. The van der Waals surface area contributed by atoms with Crippen molar-refractivity contribution in [1.29, 1.82) is 0 Å². The Morgan fingerprint density at radius 2 is 2.05 bits per heavy atom. The largest absolute Gasteiger partial charge is 0.380 e. The Morgan fingerprint density at radius 3 is 2.65 bits per heavy atom. The molecule has 0 aromatic carbocycles. The predicted octanol–water partition coefficient (Wildman–Crippen LogP) is 1.94. The van der Waals surface area contributed by atoms with Crippen LogP contribution in [0.1, 0.15) is 46.5 Å². The first-order valence-electron chi connectivity index (χ1n) is 8.07. The first kappa shape index (κ1) is 15.8. The summed E-state index contributed by atoms with van der Waals surface area (Å²) in [6.45, 7) is 7.62. The zero-order valence-corrected chi connectivity index (χ0v) is 13.3. The van der Waals surface area contributed by atoms with E-state index in [0.717, 1.165) is 25.3 Å². The summed E-state index contributed by atoms with van der Waals surface area (Å²) in [6, 6.07) is 0.264. The van der Waals surface area contributed by atoms with Crippen LogP contribution in [0.15, 0.2) is 0 Å². The van der Waals surface area contributed by atoms with Crippen LogP contribution in [0.4, 0.5) is 0 Å².